The molecule has 0 saturated carbocycles. The van der Waals surface area contributed by atoms with Crippen LogP contribution in [-0.4, -0.2) is 26.6 Å². The summed E-state index contributed by atoms with van der Waals surface area (Å²) in [5, 5.41) is 0. The van der Waals surface area contributed by atoms with Crippen LogP contribution in [0.5, 0.6) is 5.88 Å². The fraction of sp³-hybridized carbons (Fsp3) is 0.450. The van der Waals surface area contributed by atoms with Crippen LogP contribution in [0.3, 0.4) is 0 Å². The molecule has 28 heavy (non-hydrogen) atoms. The number of fused-ring (bicyclic) bond motifs is 1. The first-order chi connectivity index (χ1) is 13.3. The molecule has 1 atom stereocenters. The summed E-state index contributed by atoms with van der Waals surface area (Å²) in [7, 11) is 1.29. The number of aromatic nitrogens is 4. The monoisotopic (exact) mass is 392 g/mol. The van der Waals surface area contributed by atoms with Crippen LogP contribution in [0.25, 0.3) is 22.3 Å². The van der Waals surface area contributed by atoms with Crippen LogP contribution in [0.2, 0.25) is 0 Å². The molecule has 0 aliphatic rings. The van der Waals surface area contributed by atoms with Crippen molar-refractivity contribution in [3.8, 4) is 17.0 Å². The molecule has 0 N–H and O–H groups in total. The van der Waals surface area contributed by atoms with E-state index in [2.05, 4.69) is 28.8 Å². The van der Waals surface area contributed by atoms with E-state index in [1.165, 1.54) is 25.4 Å². The van der Waals surface area contributed by atoms with E-state index in [0.29, 0.717) is 23.1 Å². The second kappa shape index (κ2) is 7.77. The highest BCUT2D eigenvalue weighted by Gasteiger charge is 2.37. The number of halogens is 3. The lowest BCUT2D eigenvalue weighted by Gasteiger charge is -2.16. The fourth-order valence-corrected chi connectivity index (χ4v) is 3.50. The van der Waals surface area contributed by atoms with Gasteiger partial charge in [0.15, 0.2) is 11.3 Å². The van der Waals surface area contributed by atoms with Gasteiger partial charge in [0.2, 0.25) is 5.88 Å². The maximum atomic E-state index is 13.7. The number of ether oxygens (including phenoxy) is 1. The summed E-state index contributed by atoms with van der Waals surface area (Å²) in [6.45, 7) is 6.15. The predicted octanol–water partition coefficient (Wildman–Crippen LogP) is 5.44. The van der Waals surface area contributed by atoms with Crippen molar-refractivity contribution in [1.82, 2.24) is 19.5 Å². The molecule has 150 valence electrons. The summed E-state index contributed by atoms with van der Waals surface area (Å²) in [6.07, 6.45) is -0.507. The van der Waals surface area contributed by atoms with Crippen molar-refractivity contribution in [2.24, 2.45) is 0 Å². The fourth-order valence-electron chi connectivity index (χ4n) is 3.50. The molecule has 0 saturated heterocycles. The third kappa shape index (κ3) is 3.55. The third-order valence-electron chi connectivity index (χ3n) is 4.75. The van der Waals surface area contributed by atoms with E-state index in [4.69, 9.17) is 4.74 Å². The zero-order valence-corrected chi connectivity index (χ0v) is 16.3. The van der Waals surface area contributed by atoms with Gasteiger partial charge < -0.3 is 9.30 Å². The number of imidazole rings is 1. The number of alkyl halides is 3. The quantitative estimate of drug-likeness (QED) is 0.560. The smallest absolute Gasteiger partial charge is 0.434 e. The van der Waals surface area contributed by atoms with Gasteiger partial charge in [0.05, 0.1) is 7.11 Å². The standard InChI is InChI=1S/C20H23F3N4O/c1-5-7-12(3)27-15(6-2)25-17-13(10-11-24-19(17)27)14-8-9-16(28-4)26-18(14)20(21,22)23/h8-12H,5-7H2,1-4H3. The predicted molar refractivity (Wildman–Crippen MR) is 101 cm³/mol. The molecule has 0 aromatic carbocycles. The zero-order chi connectivity index (χ0) is 20.5. The minimum absolute atomic E-state index is 0.0313. The molecule has 0 spiro atoms. The van der Waals surface area contributed by atoms with E-state index < -0.39 is 11.9 Å². The largest absolute Gasteiger partial charge is 0.481 e. The molecule has 0 amide bonds. The number of rotatable bonds is 6. The molecule has 3 aromatic heterocycles. The molecule has 3 aromatic rings. The molecule has 0 fully saturated rings. The number of nitrogens with zero attached hydrogens (tertiary/aromatic N) is 4. The summed E-state index contributed by atoms with van der Waals surface area (Å²) in [5.74, 6) is 0.726. The lowest BCUT2D eigenvalue weighted by Crippen LogP contribution is -2.11. The van der Waals surface area contributed by atoms with Crippen LogP contribution < -0.4 is 4.74 Å². The summed E-state index contributed by atoms with van der Waals surface area (Å²) >= 11 is 0. The molecule has 0 aliphatic heterocycles. The van der Waals surface area contributed by atoms with Crippen LogP contribution in [0.4, 0.5) is 13.2 Å². The maximum absolute atomic E-state index is 13.7. The van der Waals surface area contributed by atoms with Crippen LogP contribution in [0.1, 0.15) is 51.2 Å². The Morgan fingerprint density at radius 1 is 1.11 bits per heavy atom. The van der Waals surface area contributed by atoms with Crippen LogP contribution in [0.15, 0.2) is 24.4 Å². The summed E-state index contributed by atoms with van der Waals surface area (Å²) in [5.41, 5.74) is 0.397. The normalized spacial score (nSPS) is 13.1. The van der Waals surface area contributed by atoms with Gasteiger partial charge in [-0.1, -0.05) is 20.3 Å². The topological polar surface area (TPSA) is 52.8 Å². The molecule has 0 radical (unpaired) electrons. The Morgan fingerprint density at radius 3 is 2.46 bits per heavy atom. The summed E-state index contributed by atoms with van der Waals surface area (Å²) < 4.78 is 47.9. The Balaban J connectivity index is 2.29. The number of hydrogen-bond donors (Lipinski definition) is 0. The SMILES string of the molecule is CCCC(C)n1c(CC)nc2c(-c3ccc(OC)nc3C(F)(F)F)ccnc21. The average molecular weight is 392 g/mol. The van der Waals surface area contributed by atoms with Crippen molar-refractivity contribution >= 4 is 11.2 Å². The maximum Gasteiger partial charge on any atom is 0.434 e. The van der Waals surface area contributed by atoms with Gasteiger partial charge >= 0.3 is 6.18 Å². The Morgan fingerprint density at radius 2 is 1.86 bits per heavy atom. The van der Waals surface area contributed by atoms with Gasteiger partial charge in [0, 0.05) is 35.9 Å². The third-order valence-corrected chi connectivity index (χ3v) is 4.75. The molecule has 0 bridgehead atoms. The van der Waals surface area contributed by atoms with E-state index in [9.17, 15) is 13.2 Å². The second-order valence-electron chi connectivity index (χ2n) is 6.67. The van der Waals surface area contributed by atoms with E-state index >= 15 is 0 Å². The van der Waals surface area contributed by atoms with Gasteiger partial charge in [-0.2, -0.15) is 13.2 Å². The zero-order valence-electron chi connectivity index (χ0n) is 16.3. The Kier molecular flexibility index (Phi) is 5.58. The lowest BCUT2D eigenvalue weighted by atomic mass is 10.0. The molecular weight excluding hydrogens is 369 g/mol. The molecule has 5 nitrogen and oxygen atoms in total. The molecule has 1 unspecified atom stereocenters. The Bertz CT molecular complexity index is 981. The van der Waals surface area contributed by atoms with E-state index in [-0.39, 0.29) is 17.5 Å². The number of hydrogen-bond acceptors (Lipinski definition) is 4. The van der Waals surface area contributed by atoms with Gasteiger partial charge in [-0.3, -0.25) is 0 Å². The first-order valence-corrected chi connectivity index (χ1v) is 9.30. The molecule has 8 heteroatoms. The van der Waals surface area contributed by atoms with Gasteiger partial charge in [-0.05, 0) is 25.5 Å². The van der Waals surface area contributed by atoms with Crippen LogP contribution >= 0.6 is 0 Å². The highest BCUT2D eigenvalue weighted by Crippen LogP contribution is 2.39. The van der Waals surface area contributed by atoms with Gasteiger partial charge in [0.25, 0.3) is 0 Å². The summed E-state index contributed by atoms with van der Waals surface area (Å²) in [6, 6.07) is 4.52. The number of aryl methyl sites for hydroxylation is 1. The van der Waals surface area contributed by atoms with Crippen LogP contribution in [-0.2, 0) is 12.6 Å². The van der Waals surface area contributed by atoms with Gasteiger partial charge in [-0.25, -0.2) is 15.0 Å². The first kappa shape index (κ1) is 20.1. The molecular formula is C20H23F3N4O. The van der Waals surface area contributed by atoms with Crippen molar-refractivity contribution in [3.63, 3.8) is 0 Å². The van der Waals surface area contributed by atoms with E-state index in [1.807, 2.05) is 11.5 Å². The second-order valence-corrected chi connectivity index (χ2v) is 6.67. The Hall–Kier alpha value is -2.64. The van der Waals surface area contributed by atoms with Gasteiger partial charge in [0.1, 0.15) is 11.3 Å². The highest BCUT2D eigenvalue weighted by molar-refractivity contribution is 5.91. The molecule has 0 aliphatic carbocycles. The van der Waals surface area contributed by atoms with Crippen molar-refractivity contribution in [1.29, 1.82) is 0 Å². The van der Waals surface area contributed by atoms with Gasteiger partial charge in [-0.15, -0.1) is 0 Å². The van der Waals surface area contributed by atoms with E-state index in [0.717, 1.165) is 18.7 Å². The van der Waals surface area contributed by atoms with Crippen molar-refractivity contribution in [2.75, 3.05) is 7.11 Å². The Labute approximate surface area is 161 Å². The highest BCUT2D eigenvalue weighted by atomic mass is 19.4. The van der Waals surface area contributed by atoms with Crippen LogP contribution in [0, 0.1) is 0 Å². The minimum Gasteiger partial charge on any atom is -0.481 e. The first-order valence-electron chi connectivity index (χ1n) is 9.30. The van der Waals surface area contributed by atoms with E-state index in [1.54, 1.807) is 6.07 Å². The minimum atomic E-state index is -4.62. The molecule has 3 heterocycles. The van der Waals surface area contributed by atoms with Crippen molar-refractivity contribution in [3.05, 3.63) is 35.9 Å². The average Bonchev–Trinajstić information content (AvgIpc) is 3.05. The number of methoxy groups -OCH3 is 1. The number of pyridine rings is 2. The lowest BCUT2D eigenvalue weighted by molar-refractivity contribution is -0.140. The van der Waals surface area contributed by atoms with Crippen molar-refractivity contribution < 1.29 is 17.9 Å². The molecule has 3 rings (SSSR count). The summed E-state index contributed by atoms with van der Waals surface area (Å²) in [4.78, 5) is 12.7. The van der Waals surface area contributed by atoms with Crippen molar-refractivity contribution in [2.45, 2.75) is 52.3 Å².